The van der Waals surface area contributed by atoms with E-state index in [0.29, 0.717) is 5.82 Å². The summed E-state index contributed by atoms with van der Waals surface area (Å²) in [7, 11) is -3.09. The fourth-order valence-corrected chi connectivity index (χ4v) is 1.71. The van der Waals surface area contributed by atoms with Gasteiger partial charge in [-0.15, -0.1) is 0 Å². The van der Waals surface area contributed by atoms with Crippen LogP contribution in [0.3, 0.4) is 0 Å². The van der Waals surface area contributed by atoms with Crippen molar-refractivity contribution in [2.45, 2.75) is 12.5 Å². The number of rotatable bonds is 5. The Morgan fingerprint density at radius 2 is 2.38 bits per heavy atom. The van der Waals surface area contributed by atoms with Crippen LogP contribution in [0.1, 0.15) is 6.42 Å². The lowest BCUT2D eigenvalue weighted by Gasteiger charge is -2.09. The van der Waals surface area contributed by atoms with Gasteiger partial charge in [0.25, 0.3) is 0 Å². The van der Waals surface area contributed by atoms with Gasteiger partial charge in [0.1, 0.15) is 15.7 Å². The Bertz CT molecular complexity index is 440. The first-order chi connectivity index (χ1) is 7.38. The second kappa shape index (κ2) is 5.08. The summed E-state index contributed by atoms with van der Waals surface area (Å²) in [5, 5.41) is 8.66. The smallest absolute Gasteiger partial charge is 0.242 e. The first-order valence-corrected chi connectivity index (χ1v) is 6.68. The zero-order chi connectivity index (χ0) is 12.2. The number of aromatic amines is 1. The average molecular weight is 246 g/mol. The van der Waals surface area contributed by atoms with E-state index in [4.69, 9.17) is 5.73 Å². The first kappa shape index (κ1) is 12.7. The maximum Gasteiger partial charge on any atom is 0.242 e. The highest BCUT2D eigenvalue weighted by molar-refractivity contribution is 7.90. The van der Waals surface area contributed by atoms with Crippen molar-refractivity contribution in [3.8, 4) is 0 Å². The Labute approximate surface area is 93.3 Å². The minimum Gasteiger partial charge on any atom is -0.320 e. The molecule has 0 spiro atoms. The van der Waals surface area contributed by atoms with E-state index in [1.54, 1.807) is 6.07 Å². The van der Waals surface area contributed by atoms with Gasteiger partial charge in [-0.2, -0.15) is 5.10 Å². The van der Waals surface area contributed by atoms with Crippen LogP contribution >= 0.6 is 0 Å². The van der Waals surface area contributed by atoms with E-state index >= 15 is 0 Å². The molecule has 0 unspecified atom stereocenters. The SMILES string of the molecule is CS(=O)(=O)CC[C@H](N)C(=O)Nc1ccn[nH]1. The van der Waals surface area contributed by atoms with Crippen LogP contribution in [0.15, 0.2) is 12.3 Å². The van der Waals surface area contributed by atoms with Crippen LogP contribution in [0.2, 0.25) is 0 Å². The highest BCUT2D eigenvalue weighted by Crippen LogP contribution is 2.01. The third kappa shape index (κ3) is 4.41. The summed E-state index contributed by atoms with van der Waals surface area (Å²) in [4.78, 5) is 11.4. The molecule has 90 valence electrons. The Balaban J connectivity index is 2.42. The maximum atomic E-state index is 11.4. The quantitative estimate of drug-likeness (QED) is 0.623. The number of hydrogen-bond acceptors (Lipinski definition) is 5. The van der Waals surface area contributed by atoms with Crippen molar-refractivity contribution in [3.05, 3.63) is 12.3 Å². The third-order valence-electron chi connectivity index (χ3n) is 1.90. The minimum absolute atomic E-state index is 0.0960. The van der Waals surface area contributed by atoms with E-state index in [-0.39, 0.29) is 12.2 Å². The number of nitrogens with one attached hydrogen (secondary N) is 2. The standard InChI is InChI=1S/C8H14N4O3S/c1-16(14,15)5-3-6(9)8(13)11-7-2-4-10-12-7/h2,4,6H,3,5,9H2,1H3,(H2,10,11,12,13)/t6-/m0/s1. The zero-order valence-electron chi connectivity index (χ0n) is 8.80. The number of hydrogen-bond donors (Lipinski definition) is 3. The van der Waals surface area contributed by atoms with Gasteiger partial charge >= 0.3 is 0 Å². The van der Waals surface area contributed by atoms with Crippen molar-refractivity contribution < 1.29 is 13.2 Å². The second-order valence-corrected chi connectivity index (χ2v) is 5.74. The van der Waals surface area contributed by atoms with Crippen molar-refractivity contribution in [1.29, 1.82) is 0 Å². The summed E-state index contributed by atoms with van der Waals surface area (Å²) in [6, 6.07) is 0.722. The number of aromatic nitrogens is 2. The van der Waals surface area contributed by atoms with Gasteiger partial charge < -0.3 is 11.1 Å². The molecular formula is C8H14N4O3S. The molecule has 7 nitrogen and oxygen atoms in total. The molecule has 1 amide bonds. The molecule has 0 aliphatic heterocycles. The Morgan fingerprint density at radius 1 is 1.69 bits per heavy atom. The summed E-state index contributed by atoms with van der Waals surface area (Å²) in [6.07, 6.45) is 2.68. The molecule has 8 heteroatoms. The fourth-order valence-electron chi connectivity index (χ4n) is 1.02. The average Bonchev–Trinajstić information content (AvgIpc) is 2.65. The minimum atomic E-state index is -3.09. The normalized spacial score (nSPS) is 13.4. The molecule has 4 N–H and O–H groups in total. The first-order valence-electron chi connectivity index (χ1n) is 4.62. The van der Waals surface area contributed by atoms with E-state index in [2.05, 4.69) is 15.5 Å². The van der Waals surface area contributed by atoms with Crippen molar-refractivity contribution >= 4 is 21.6 Å². The van der Waals surface area contributed by atoms with Gasteiger partial charge in [0, 0.05) is 12.3 Å². The topological polar surface area (TPSA) is 118 Å². The van der Waals surface area contributed by atoms with E-state index in [1.165, 1.54) is 6.20 Å². The Hall–Kier alpha value is -1.41. The molecule has 0 aliphatic rings. The number of nitrogens with two attached hydrogens (primary N) is 1. The number of sulfone groups is 1. The molecule has 0 radical (unpaired) electrons. The summed E-state index contributed by atoms with van der Waals surface area (Å²) in [5.41, 5.74) is 5.53. The molecule has 1 aromatic heterocycles. The maximum absolute atomic E-state index is 11.4. The van der Waals surface area contributed by atoms with Crippen LogP contribution in [0.4, 0.5) is 5.82 Å². The van der Waals surface area contributed by atoms with Gasteiger partial charge in [-0.05, 0) is 6.42 Å². The van der Waals surface area contributed by atoms with Gasteiger partial charge in [0.05, 0.1) is 18.0 Å². The molecule has 1 rings (SSSR count). The van der Waals surface area contributed by atoms with Crippen molar-refractivity contribution in [1.82, 2.24) is 10.2 Å². The second-order valence-electron chi connectivity index (χ2n) is 3.48. The summed E-state index contributed by atoms with van der Waals surface area (Å²) in [5.74, 6) is -0.113. The highest BCUT2D eigenvalue weighted by Gasteiger charge is 2.16. The molecule has 1 heterocycles. The van der Waals surface area contributed by atoms with Gasteiger partial charge in [-0.1, -0.05) is 0 Å². The highest BCUT2D eigenvalue weighted by atomic mass is 32.2. The van der Waals surface area contributed by atoms with Crippen LogP contribution in [-0.4, -0.2) is 42.6 Å². The van der Waals surface area contributed by atoms with Gasteiger partial charge in [0.2, 0.25) is 5.91 Å². The third-order valence-corrected chi connectivity index (χ3v) is 2.87. The summed E-state index contributed by atoms with van der Waals surface area (Å²) >= 11 is 0. The Morgan fingerprint density at radius 3 is 2.88 bits per heavy atom. The van der Waals surface area contributed by atoms with E-state index in [0.717, 1.165) is 6.26 Å². The number of carbonyl (C=O) groups is 1. The van der Waals surface area contributed by atoms with Gasteiger partial charge in [-0.25, -0.2) is 8.42 Å². The van der Waals surface area contributed by atoms with Crippen LogP contribution in [0, 0.1) is 0 Å². The molecule has 1 aromatic rings. The largest absolute Gasteiger partial charge is 0.320 e. The van der Waals surface area contributed by atoms with Crippen molar-refractivity contribution in [2.24, 2.45) is 5.73 Å². The van der Waals surface area contributed by atoms with E-state index in [1.807, 2.05) is 0 Å². The lowest BCUT2D eigenvalue weighted by atomic mass is 10.2. The number of amides is 1. The molecular weight excluding hydrogens is 232 g/mol. The van der Waals surface area contributed by atoms with Crippen molar-refractivity contribution in [3.63, 3.8) is 0 Å². The van der Waals surface area contributed by atoms with Crippen LogP contribution in [0.25, 0.3) is 0 Å². The molecule has 0 saturated heterocycles. The molecule has 0 bridgehead atoms. The lowest BCUT2D eigenvalue weighted by Crippen LogP contribution is -2.37. The zero-order valence-corrected chi connectivity index (χ0v) is 9.62. The molecule has 0 aliphatic carbocycles. The van der Waals surface area contributed by atoms with E-state index < -0.39 is 21.8 Å². The molecule has 0 fully saturated rings. The molecule has 1 atom stereocenters. The summed E-state index contributed by atoms with van der Waals surface area (Å²) in [6.45, 7) is 0. The van der Waals surface area contributed by atoms with Crippen LogP contribution in [-0.2, 0) is 14.6 Å². The van der Waals surface area contributed by atoms with Crippen LogP contribution in [0.5, 0.6) is 0 Å². The summed E-state index contributed by atoms with van der Waals surface area (Å²) < 4.78 is 21.7. The molecule has 0 aromatic carbocycles. The van der Waals surface area contributed by atoms with Gasteiger partial charge in [-0.3, -0.25) is 9.89 Å². The van der Waals surface area contributed by atoms with Crippen molar-refractivity contribution in [2.75, 3.05) is 17.3 Å². The predicted molar refractivity (Wildman–Crippen MR) is 59.5 cm³/mol. The number of nitrogens with zero attached hydrogens (tertiary/aromatic N) is 1. The van der Waals surface area contributed by atoms with Crippen LogP contribution < -0.4 is 11.1 Å². The molecule has 0 saturated carbocycles. The lowest BCUT2D eigenvalue weighted by molar-refractivity contribution is -0.117. The number of anilines is 1. The number of H-pyrrole nitrogens is 1. The Kier molecular flexibility index (Phi) is 4.02. The van der Waals surface area contributed by atoms with E-state index in [9.17, 15) is 13.2 Å². The van der Waals surface area contributed by atoms with Gasteiger partial charge in [0.15, 0.2) is 0 Å². The number of carbonyl (C=O) groups excluding carboxylic acids is 1. The predicted octanol–water partition coefficient (Wildman–Crippen LogP) is -0.890. The molecule has 16 heavy (non-hydrogen) atoms. The monoisotopic (exact) mass is 246 g/mol. The fraction of sp³-hybridized carbons (Fsp3) is 0.500.